The first-order chi connectivity index (χ1) is 7.42. The molecule has 0 saturated heterocycles. The Morgan fingerprint density at radius 1 is 1.40 bits per heavy atom. The molecule has 15 heavy (non-hydrogen) atoms. The maximum absolute atomic E-state index is 5.60. The molecule has 1 radical (unpaired) electrons. The molecule has 0 N–H and O–H groups in total. The van der Waals surface area contributed by atoms with Crippen molar-refractivity contribution >= 4 is 11.0 Å². The molecule has 0 unspecified atom stereocenters. The number of aromatic nitrogens is 2. The van der Waals surface area contributed by atoms with Crippen molar-refractivity contribution in [3.8, 4) is 5.75 Å². The Balaban J connectivity index is 2.04. The highest BCUT2D eigenvalue weighted by Gasteiger charge is 2.06. The highest BCUT2D eigenvalue weighted by atomic mass is 16.6. The number of fused-ring (bicyclic) bond motifs is 1. The highest BCUT2D eigenvalue weighted by Crippen LogP contribution is 2.21. The van der Waals surface area contributed by atoms with E-state index in [1.54, 1.807) is 6.07 Å². The van der Waals surface area contributed by atoms with Gasteiger partial charge in [0.2, 0.25) is 0 Å². The Morgan fingerprint density at radius 2 is 2.33 bits per heavy atom. The SMILES string of the molecule is CCCCCOc1cc[c]c2nonc12. The van der Waals surface area contributed by atoms with Crippen LogP contribution in [-0.2, 0) is 0 Å². The Labute approximate surface area is 88.2 Å². The van der Waals surface area contributed by atoms with Gasteiger partial charge in [0, 0.05) is 6.07 Å². The zero-order valence-electron chi connectivity index (χ0n) is 8.69. The van der Waals surface area contributed by atoms with Crippen molar-refractivity contribution in [1.29, 1.82) is 0 Å². The molecule has 0 spiro atoms. The molecule has 2 rings (SSSR count). The smallest absolute Gasteiger partial charge is 0.177 e. The quantitative estimate of drug-likeness (QED) is 0.704. The average Bonchev–Trinajstić information content (AvgIpc) is 2.73. The van der Waals surface area contributed by atoms with Gasteiger partial charge in [-0.3, -0.25) is 0 Å². The molecule has 0 saturated carbocycles. The monoisotopic (exact) mass is 205 g/mol. The summed E-state index contributed by atoms with van der Waals surface area (Å²) in [6, 6.07) is 6.52. The van der Waals surface area contributed by atoms with Crippen molar-refractivity contribution in [2.75, 3.05) is 6.61 Å². The number of rotatable bonds is 5. The molecule has 0 bridgehead atoms. The molecule has 0 fully saturated rings. The lowest BCUT2D eigenvalue weighted by atomic mass is 10.2. The van der Waals surface area contributed by atoms with E-state index in [0.29, 0.717) is 17.6 Å². The third kappa shape index (κ3) is 2.26. The minimum atomic E-state index is 0.614. The van der Waals surface area contributed by atoms with Gasteiger partial charge in [-0.2, -0.15) is 0 Å². The fourth-order valence-corrected chi connectivity index (χ4v) is 1.37. The molecular formula is C11H13N2O2. The number of benzene rings is 1. The first-order valence-corrected chi connectivity index (χ1v) is 5.17. The molecule has 0 atom stereocenters. The number of unbranched alkanes of at least 4 members (excludes halogenated alkanes) is 2. The average molecular weight is 205 g/mol. The van der Waals surface area contributed by atoms with Crippen LogP contribution in [0.2, 0.25) is 0 Å². The van der Waals surface area contributed by atoms with Crippen LogP contribution in [0.4, 0.5) is 0 Å². The summed E-state index contributed by atoms with van der Waals surface area (Å²) in [5.41, 5.74) is 1.26. The zero-order chi connectivity index (χ0) is 10.5. The molecule has 4 nitrogen and oxygen atoms in total. The third-order valence-electron chi connectivity index (χ3n) is 2.18. The molecule has 0 aliphatic rings. The topological polar surface area (TPSA) is 48.2 Å². The predicted molar refractivity (Wildman–Crippen MR) is 55.7 cm³/mol. The van der Waals surface area contributed by atoms with Crippen LogP contribution in [0.3, 0.4) is 0 Å². The van der Waals surface area contributed by atoms with Gasteiger partial charge in [-0.25, -0.2) is 4.63 Å². The molecule has 1 heterocycles. The van der Waals surface area contributed by atoms with E-state index in [0.717, 1.165) is 12.2 Å². The number of nitrogens with zero attached hydrogens (tertiary/aromatic N) is 2. The molecular weight excluding hydrogens is 192 g/mol. The summed E-state index contributed by atoms with van der Waals surface area (Å²) in [4.78, 5) is 0. The van der Waals surface area contributed by atoms with Crippen LogP contribution in [0.1, 0.15) is 26.2 Å². The van der Waals surface area contributed by atoms with Crippen LogP contribution in [0.5, 0.6) is 5.75 Å². The summed E-state index contributed by atoms with van der Waals surface area (Å²) >= 11 is 0. The van der Waals surface area contributed by atoms with Crippen molar-refractivity contribution in [3.05, 3.63) is 18.2 Å². The first kappa shape index (κ1) is 9.96. The Morgan fingerprint density at radius 3 is 3.20 bits per heavy atom. The van der Waals surface area contributed by atoms with Gasteiger partial charge in [-0.15, -0.1) is 0 Å². The lowest BCUT2D eigenvalue weighted by Crippen LogP contribution is -1.97. The van der Waals surface area contributed by atoms with Crippen LogP contribution in [0.25, 0.3) is 11.0 Å². The van der Waals surface area contributed by atoms with E-state index in [1.807, 2.05) is 6.07 Å². The lowest BCUT2D eigenvalue weighted by molar-refractivity contribution is 0.299. The number of ether oxygens (including phenoxy) is 1. The van der Waals surface area contributed by atoms with Gasteiger partial charge in [0.15, 0.2) is 11.3 Å². The van der Waals surface area contributed by atoms with Crippen molar-refractivity contribution in [2.24, 2.45) is 0 Å². The molecule has 0 aliphatic heterocycles. The minimum absolute atomic E-state index is 0.614. The van der Waals surface area contributed by atoms with E-state index in [-0.39, 0.29) is 0 Å². The number of hydrogen-bond acceptors (Lipinski definition) is 4. The summed E-state index contributed by atoms with van der Waals surface area (Å²) in [7, 11) is 0. The normalized spacial score (nSPS) is 10.7. The summed E-state index contributed by atoms with van der Waals surface area (Å²) in [6.07, 6.45) is 3.42. The van der Waals surface area contributed by atoms with Gasteiger partial charge >= 0.3 is 0 Å². The predicted octanol–water partition coefficient (Wildman–Crippen LogP) is 2.59. The van der Waals surface area contributed by atoms with Gasteiger partial charge in [-0.1, -0.05) is 19.8 Å². The largest absolute Gasteiger partial charge is 0.491 e. The van der Waals surface area contributed by atoms with E-state index in [2.05, 4.69) is 27.9 Å². The first-order valence-electron chi connectivity index (χ1n) is 5.17. The van der Waals surface area contributed by atoms with Crippen LogP contribution in [0.15, 0.2) is 16.8 Å². The van der Waals surface area contributed by atoms with Crippen LogP contribution >= 0.6 is 0 Å². The van der Waals surface area contributed by atoms with Crippen LogP contribution in [0, 0.1) is 6.07 Å². The second kappa shape index (κ2) is 4.77. The lowest BCUT2D eigenvalue weighted by Gasteiger charge is -2.04. The molecule has 2 aromatic rings. The van der Waals surface area contributed by atoms with E-state index in [4.69, 9.17) is 4.74 Å². The molecule has 1 aromatic carbocycles. The van der Waals surface area contributed by atoms with Crippen molar-refractivity contribution in [3.63, 3.8) is 0 Å². The van der Waals surface area contributed by atoms with Crippen molar-refractivity contribution in [2.45, 2.75) is 26.2 Å². The standard InChI is InChI=1S/C11H13N2O2/c1-2-3-4-8-14-10-7-5-6-9-11(10)13-15-12-9/h5,7H,2-4,8H2,1H3. The molecule has 0 amide bonds. The van der Waals surface area contributed by atoms with Crippen LogP contribution < -0.4 is 4.74 Å². The van der Waals surface area contributed by atoms with E-state index in [9.17, 15) is 0 Å². The Hall–Kier alpha value is -1.58. The van der Waals surface area contributed by atoms with Gasteiger partial charge in [0.1, 0.15) is 5.52 Å². The van der Waals surface area contributed by atoms with E-state index < -0.39 is 0 Å². The molecule has 0 aliphatic carbocycles. The third-order valence-corrected chi connectivity index (χ3v) is 2.18. The van der Waals surface area contributed by atoms with E-state index in [1.165, 1.54) is 12.8 Å². The van der Waals surface area contributed by atoms with Crippen LogP contribution in [-0.4, -0.2) is 16.9 Å². The summed E-state index contributed by atoms with van der Waals surface area (Å²) in [6.45, 7) is 2.87. The van der Waals surface area contributed by atoms with Gasteiger partial charge in [0.05, 0.1) is 6.61 Å². The molecule has 79 valence electrons. The van der Waals surface area contributed by atoms with Crippen molar-refractivity contribution < 1.29 is 9.37 Å². The minimum Gasteiger partial charge on any atom is -0.491 e. The maximum Gasteiger partial charge on any atom is 0.177 e. The van der Waals surface area contributed by atoms with Gasteiger partial charge < -0.3 is 4.74 Å². The highest BCUT2D eigenvalue weighted by molar-refractivity contribution is 5.79. The fraction of sp³-hybridized carbons (Fsp3) is 0.455. The zero-order valence-corrected chi connectivity index (χ0v) is 8.69. The maximum atomic E-state index is 5.60. The number of hydrogen-bond donors (Lipinski definition) is 0. The Bertz CT molecular complexity index is 425. The Kier molecular flexibility index (Phi) is 3.17. The molecule has 4 heteroatoms. The summed E-state index contributed by atoms with van der Waals surface area (Å²) < 4.78 is 10.2. The van der Waals surface area contributed by atoms with Gasteiger partial charge in [0.25, 0.3) is 0 Å². The summed E-state index contributed by atoms with van der Waals surface area (Å²) in [5, 5.41) is 7.48. The fourth-order valence-electron chi connectivity index (χ4n) is 1.37. The van der Waals surface area contributed by atoms with Crippen molar-refractivity contribution in [1.82, 2.24) is 10.3 Å². The second-order valence-corrected chi connectivity index (χ2v) is 3.36. The second-order valence-electron chi connectivity index (χ2n) is 3.36. The van der Waals surface area contributed by atoms with Gasteiger partial charge in [-0.05, 0) is 28.9 Å². The summed E-state index contributed by atoms with van der Waals surface area (Å²) in [5.74, 6) is 0.723. The molecule has 1 aromatic heterocycles. The van der Waals surface area contributed by atoms with E-state index >= 15 is 0 Å².